The van der Waals surface area contributed by atoms with E-state index in [4.69, 9.17) is 18.9 Å². The predicted octanol–water partition coefficient (Wildman–Crippen LogP) is 2.03. The molecule has 1 unspecified atom stereocenters. The standard InChI is InChI=1S/C13H17BrO6/c1-16-10-5-8(6-11(17-2)12(10)18-3)20-7-9(14)13(15)19-4/h5-6,9H,7H2,1-4H3. The summed E-state index contributed by atoms with van der Waals surface area (Å²) in [6.45, 7) is 0.116. The molecule has 1 rings (SSSR count). The first-order chi connectivity index (χ1) is 9.57. The molecule has 0 bridgehead atoms. The van der Waals surface area contributed by atoms with Crippen LogP contribution in [0.15, 0.2) is 12.1 Å². The normalized spacial score (nSPS) is 11.4. The van der Waals surface area contributed by atoms with Gasteiger partial charge in [0.1, 0.15) is 17.2 Å². The molecular formula is C13H17BrO6. The summed E-state index contributed by atoms with van der Waals surface area (Å²) in [5.74, 6) is 1.52. The van der Waals surface area contributed by atoms with E-state index >= 15 is 0 Å². The quantitative estimate of drug-likeness (QED) is 0.555. The lowest BCUT2D eigenvalue weighted by Crippen LogP contribution is -2.22. The second-order valence-electron chi connectivity index (χ2n) is 3.66. The molecule has 0 aromatic heterocycles. The highest BCUT2D eigenvalue weighted by atomic mass is 79.9. The Morgan fingerprint density at radius 2 is 1.65 bits per heavy atom. The molecule has 0 aliphatic carbocycles. The molecule has 1 aromatic rings. The van der Waals surface area contributed by atoms with Gasteiger partial charge < -0.3 is 23.7 Å². The summed E-state index contributed by atoms with van der Waals surface area (Å²) < 4.78 is 25.7. The van der Waals surface area contributed by atoms with Crippen molar-refractivity contribution >= 4 is 21.9 Å². The minimum Gasteiger partial charge on any atom is -0.493 e. The molecule has 0 aliphatic rings. The molecule has 112 valence electrons. The van der Waals surface area contributed by atoms with Gasteiger partial charge in [-0.25, -0.2) is 0 Å². The average molecular weight is 349 g/mol. The molecule has 1 atom stereocenters. The maximum atomic E-state index is 11.3. The molecule has 6 nitrogen and oxygen atoms in total. The summed E-state index contributed by atoms with van der Waals surface area (Å²) in [5.41, 5.74) is 0. The molecule has 7 heteroatoms. The van der Waals surface area contributed by atoms with Crippen LogP contribution < -0.4 is 18.9 Å². The minimum atomic E-state index is -0.549. The van der Waals surface area contributed by atoms with E-state index in [-0.39, 0.29) is 6.61 Å². The van der Waals surface area contributed by atoms with E-state index in [0.717, 1.165) is 0 Å². The van der Waals surface area contributed by atoms with Crippen LogP contribution >= 0.6 is 15.9 Å². The second kappa shape index (κ2) is 7.84. The molecule has 20 heavy (non-hydrogen) atoms. The Bertz CT molecular complexity index is 437. The highest BCUT2D eigenvalue weighted by Crippen LogP contribution is 2.40. The molecule has 0 fully saturated rings. The molecule has 1 aromatic carbocycles. The summed E-state index contributed by atoms with van der Waals surface area (Å²) in [6, 6.07) is 3.30. The number of hydrogen-bond donors (Lipinski definition) is 0. The van der Waals surface area contributed by atoms with Crippen molar-refractivity contribution in [3.63, 3.8) is 0 Å². The van der Waals surface area contributed by atoms with E-state index in [1.54, 1.807) is 12.1 Å². The Balaban J connectivity index is 2.88. The van der Waals surface area contributed by atoms with Crippen LogP contribution in [0.1, 0.15) is 0 Å². The van der Waals surface area contributed by atoms with Gasteiger partial charge in [-0.3, -0.25) is 4.79 Å². The van der Waals surface area contributed by atoms with Crippen molar-refractivity contribution < 1.29 is 28.5 Å². The van der Waals surface area contributed by atoms with Gasteiger partial charge in [-0.1, -0.05) is 15.9 Å². The number of alkyl halides is 1. The number of hydrogen-bond acceptors (Lipinski definition) is 6. The average Bonchev–Trinajstić information content (AvgIpc) is 2.50. The Morgan fingerprint density at radius 1 is 1.10 bits per heavy atom. The van der Waals surface area contributed by atoms with Crippen molar-refractivity contribution in [2.24, 2.45) is 0 Å². The van der Waals surface area contributed by atoms with Gasteiger partial charge in [-0.2, -0.15) is 0 Å². The van der Waals surface area contributed by atoms with Crippen LogP contribution in [0.5, 0.6) is 23.0 Å². The van der Waals surface area contributed by atoms with Crippen LogP contribution in [-0.2, 0) is 9.53 Å². The number of halogens is 1. The molecule has 0 N–H and O–H groups in total. The van der Waals surface area contributed by atoms with Gasteiger partial charge in [-0.15, -0.1) is 0 Å². The molecule has 0 saturated carbocycles. The van der Waals surface area contributed by atoms with Gasteiger partial charge in [0.15, 0.2) is 11.5 Å². The summed E-state index contributed by atoms with van der Waals surface area (Å²) in [4.78, 5) is 10.7. The zero-order chi connectivity index (χ0) is 15.1. The van der Waals surface area contributed by atoms with E-state index in [1.807, 2.05) is 0 Å². The predicted molar refractivity (Wildman–Crippen MR) is 76.3 cm³/mol. The summed E-state index contributed by atoms with van der Waals surface area (Å²) in [6.07, 6.45) is 0. The lowest BCUT2D eigenvalue weighted by molar-refractivity contribution is -0.140. The van der Waals surface area contributed by atoms with Crippen LogP contribution in [0, 0.1) is 0 Å². The number of rotatable bonds is 7. The maximum absolute atomic E-state index is 11.3. The molecule has 0 aliphatic heterocycles. The van der Waals surface area contributed by atoms with Crippen LogP contribution in [0.3, 0.4) is 0 Å². The number of methoxy groups -OCH3 is 4. The van der Waals surface area contributed by atoms with Gasteiger partial charge >= 0.3 is 5.97 Å². The maximum Gasteiger partial charge on any atom is 0.322 e. The number of carbonyl (C=O) groups is 1. The second-order valence-corrected chi connectivity index (χ2v) is 4.77. The van der Waals surface area contributed by atoms with Gasteiger partial charge in [0, 0.05) is 12.1 Å². The Morgan fingerprint density at radius 3 is 2.05 bits per heavy atom. The Kier molecular flexibility index (Phi) is 6.44. The number of carbonyl (C=O) groups excluding carboxylic acids is 1. The van der Waals surface area contributed by atoms with Crippen molar-refractivity contribution in [3.05, 3.63) is 12.1 Å². The fourth-order valence-corrected chi connectivity index (χ4v) is 1.82. The number of benzene rings is 1. The van der Waals surface area contributed by atoms with Crippen molar-refractivity contribution in [1.29, 1.82) is 0 Å². The van der Waals surface area contributed by atoms with Gasteiger partial charge in [-0.05, 0) is 0 Å². The molecule has 0 spiro atoms. The zero-order valence-corrected chi connectivity index (χ0v) is 13.4. The topological polar surface area (TPSA) is 63.2 Å². The SMILES string of the molecule is COC(=O)C(Br)COc1cc(OC)c(OC)c(OC)c1. The lowest BCUT2D eigenvalue weighted by Gasteiger charge is -2.15. The zero-order valence-electron chi connectivity index (χ0n) is 11.8. The summed E-state index contributed by atoms with van der Waals surface area (Å²) in [7, 11) is 5.87. The highest BCUT2D eigenvalue weighted by Gasteiger charge is 2.18. The van der Waals surface area contributed by atoms with Gasteiger partial charge in [0.2, 0.25) is 5.75 Å². The first-order valence-electron chi connectivity index (χ1n) is 5.72. The third-order valence-electron chi connectivity index (χ3n) is 2.49. The van der Waals surface area contributed by atoms with Crippen LogP contribution in [0.25, 0.3) is 0 Å². The van der Waals surface area contributed by atoms with Crippen molar-refractivity contribution in [2.75, 3.05) is 35.0 Å². The molecule has 0 heterocycles. The molecule has 0 radical (unpaired) electrons. The van der Waals surface area contributed by atoms with Crippen LogP contribution in [-0.4, -0.2) is 45.8 Å². The van der Waals surface area contributed by atoms with Crippen LogP contribution in [0.4, 0.5) is 0 Å². The van der Waals surface area contributed by atoms with Crippen molar-refractivity contribution in [2.45, 2.75) is 4.83 Å². The van der Waals surface area contributed by atoms with E-state index < -0.39 is 10.8 Å². The fraction of sp³-hybridized carbons (Fsp3) is 0.462. The smallest absolute Gasteiger partial charge is 0.322 e. The Labute approximate surface area is 126 Å². The van der Waals surface area contributed by atoms with E-state index in [1.165, 1.54) is 28.4 Å². The van der Waals surface area contributed by atoms with Crippen LogP contribution in [0.2, 0.25) is 0 Å². The van der Waals surface area contributed by atoms with Crippen molar-refractivity contribution in [3.8, 4) is 23.0 Å². The fourth-order valence-electron chi connectivity index (χ4n) is 1.51. The van der Waals surface area contributed by atoms with Gasteiger partial charge in [0.25, 0.3) is 0 Å². The largest absolute Gasteiger partial charge is 0.493 e. The minimum absolute atomic E-state index is 0.116. The molecule has 0 amide bonds. The number of esters is 1. The number of ether oxygens (including phenoxy) is 5. The monoisotopic (exact) mass is 348 g/mol. The van der Waals surface area contributed by atoms with Crippen molar-refractivity contribution in [1.82, 2.24) is 0 Å². The third kappa shape index (κ3) is 3.93. The molecule has 0 saturated heterocycles. The van der Waals surface area contributed by atoms with E-state index in [9.17, 15) is 4.79 Å². The summed E-state index contributed by atoms with van der Waals surface area (Å²) >= 11 is 3.17. The molecular weight excluding hydrogens is 332 g/mol. The lowest BCUT2D eigenvalue weighted by atomic mass is 10.2. The first kappa shape index (κ1) is 16.4. The first-order valence-corrected chi connectivity index (χ1v) is 6.63. The van der Waals surface area contributed by atoms with Gasteiger partial charge in [0.05, 0.1) is 28.4 Å². The summed E-state index contributed by atoms with van der Waals surface area (Å²) in [5, 5.41) is 0. The van der Waals surface area contributed by atoms with E-state index in [2.05, 4.69) is 20.7 Å². The Hall–Kier alpha value is -1.63. The third-order valence-corrected chi connectivity index (χ3v) is 3.13. The van der Waals surface area contributed by atoms with E-state index in [0.29, 0.717) is 23.0 Å². The highest BCUT2D eigenvalue weighted by molar-refractivity contribution is 9.10.